The number of thiazole rings is 1. The van der Waals surface area contributed by atoms with Crippen molar-refractivity contribution in [3.63, 3.8) is 0 Å². The number of fused-ring (bicyclic) bond motifs is 2. The Morgan fingerprint density at radius 3 is 2.67 bits per heavy atom. The lowest BCUT2D eigenvalue weighted by molar-refractivity contribution is 0.355. The van der Waals surface area contributed by atoms with Gasteiger partial charge in [-0.15, -0.1) is 22.7 Å². The van der Waals surface area contributed by atoms with Crippen LogP contribution in [0.1, 0.15) is 5.82 Å². The van der Waals surface area contributed by atoms with Crippen molar-refractivity contribution in [3.05, 3.63) is 52.3 Å². The first-order chi connectivity index (χ1) is 13.1. The molecule has 138 valence electrons. The Hall–Kier alpha value is -2.78. The van der Waals surface area contributed by atoms with Crippen molar-refractivity contribution in [1.29, 1.82) is 0 Å². The van der Waals surface area contributed by atoms with Gasteiger partial charge in [0.15, 0.2) is 11.5 Å². The topological polar surface area (TPSA) is 77.1 Å². The zero-order chi connectivity index (χ0) is 19.0. The van der Waals surface area contributed by atoms with Crippen LogP contribution in [0.15, 0.2) is 39.5 Å². The monoisotopic (exact) mass is 403 g/mol. The number of aromatic nitrogens is 3. The fraction of sp³-hybridized carbons (Fsp3) is 0.111. The molecule has 0 aliphatic carbocycles. The Labute approximate surface area is 160 Å². The molecule has 6 nitrogen and oxygen atoms in total. The Morgan fingerprint density at radius 1 is 1.11 bits per heavy atom. The second-order valence-electron chi connectivity index (χ2n) is 5.54. The maximum atomic E-state index is 13.3. The van der Waals surface area contributed by atoms with Gasteiger partial charge in [0.2, 0.25) is 0 Å². The van der Waals surface area contributed by atoms with Crippen LogP contribution in [-0.4, -0.2) is 34.5 Å². The average molecular weight is 403 g/mol. The van der Waals surface area contributed by atoms with E-state index in [1.54, 1.807) is 23.6 Å². The van der Waals surface area contributed by atoms with Crippen LogP contribution in [0.4, 0.5) is 4.39 Å². The summed E-state index contributed by atoms with van der Waals surface area (Å²) in [5, 5.41) is 2.17. The molecule has 0 aliphatic heterocycles. The lowest BCUT2D eigenvalue weighted by Gasteiger charge is -2.08. The summed E-state index contributed by atoms with van der Waals surface area (Å²) < 4.78 is 25.4. The van der Waals surface area contributed by atoms with Crippen molar-refractivity contribution in [3.8, 4) is 11.5 Å². The van der Waals surface area contributed by atoms with Crippen LogP contribution < -0.4 is 15.0 Å². The molecule has 0 unspecified atom stereocenters. The Bertz CT molecular complexity index is 1250. The zero-order valence-corrected chi connectivity index (χ0v) is 16.0. The van der Waals surface area contributed by atoms with Crippen molar-refractivity contribution in [2.24, 2.45) is 0 Å². The molecule has 2 aromatic carbocycles. The van der Waals surface area contributed by atoms with Crippen molar-refractivity contribution < 1.29 is 13.9 Å². The number of benzene rings is 2. The molecule has 4 aromatic rings. The number of H-pyrrole nitrogens is 1. The van der Waals surface area contributed by atoms with Gasteiger partial charge in [0, 0.05) is 11.4 Å². The van der Waals surface area contributed by atoms with Crippen molar-refractivity contribution >= 4 is 49.2 Å². The van der Waals surface area contributed by atoms with E-state index >= 15 is 0 Å². The second kappa shape index (κ2) is 7.09. The van der Waals surface area contributed by atoms with E-state index in [4.69, 9.17) is 9.47 Å². The first-order valence-electron chi connectivity index (χ1n) is 7.83. The van der Waals surface area contributed by atoms with Crippen molar-refractivity contribution in [1.82, 2.24) is 15.0 Å². The zero-order valence-electron chi connectivity index (χ0n) is 14.3. The Kier molecular flexibility index (Phi) is 4.63. The van der Waals surface area contributed by atoms with Gasteiger partial charge < -0.3 is 14.5 Å². The molecule has 0 amide bonds. The van der Waals surface area contributed by atoms with Crippen LogP contribution in [0, 0.1) is 5.82 Å². The Balaban J connectivity index is 1.74. The highest BCUT2D eigenvalue weighted by molar-refractivity contribution is 7.99. The smallest absolute Gasteiger partial charge is 0.259 e. The van der Waals surface area contributed by atoms with E-state index in [0.29, 0.717) is 28.2 Å². The lowest BCUT2D eigenvalue weighted by atomic mass is 10.2. The van der Waals surface area contributed by atoms with Gasteiger partial charge in [-0.3, -0.25) is 4.79 Å². The third kappa shape index (κ3) is 3.43. The fourth-order valence-corrected chi connectivity index (χ4v) is 4.52. The molecule has 0 atom stereocenters. The lowest BCUT2D eigenvalue weighted by Crippen LogP contribution is -2.11. The number of aromatic amines is 1. The van der Waals surface area contributed by atoms with E-state index in [2.05, 4.69) is 15.0 Å². The fourth-order valence-electron chi connectivity index (χ4n) is 2.60. The minimum Gasteiger partial charge on any atom is -0.493 e. The van der Waals surface area contributed by atoms with E-state index < -0.39 is 0 Å². The second-order valence-corrected chi connectivity index (χ2v) is 7.82. The summed E-state index contributed by atoms with van der Waals surface area (Å²) in [6, 6.07) is 7.76. The highest BCUT2D eigenvalue weighted by Gasteiger charge is 2.10. The van der Waals surface area contributed by atoms with Gasteiger partial charge in [-0.05, 0) is 24.3 Å². The van der Waals surface area contributed by atoms with E-state index in [-0.39, 0.29) is 11.4 Å². The number of methoxy groups -OCH3 is 2. The van der Waals surface area contributed by atoms with Gasteiger partial charge in [-0.2, -0.15) is 0 Å². The molecule has 0 aliphatic rings. The summed E-state index contributed by atoms with van der Waals surface area (Å²) in [6.07, 6.45) is 0. The summed E-state index contributed by atoms with van der Waals surface area (Å²) in [5.74, 6) is 1.10. The number of rotatable bonds is 4. The molecular weight excluding hydrogens is 389 g/mol. The number of hydrogen-bond acceptors (Lipinski definition) is 6. The van der Waals surface area contributed by atoms with Crippen molar-refractivity contribution in [2.75, 3.05) is 14.2 Å². The maximum absolute atomic E-state index is 13.3. The van der Waals surface area contributed by atoms with Crippen LogP contribution in [-0.2, 0) is 0 Å². The van der Waals surface area contributed by atoms with E-state index in [9.17, 15) is 9.18 Å². The van der Waals surface area contributed by atoms with E-state index in [1.165, 1.54) is 37.7 Å². The number of nitrogens with zero attached hydrogens (tertiary/aromatic N) is 2. The van der Waals surface area contributed by atoms with Crippen LogP contribution in [0.5, 0.6) is 11.5 Å². The molecule has 2 aromatic heterocycles. The SMILES string of the molecule is COc1cc2nc(C=[SH]c3nc4ccc(F)cc4s3)[nH]c(=O)c2cc1OC. The standard InChI is InChI=1S/C18H14FN3O3S2/c1-24-13-6-10-12(7-14(13)25-2)20-16(22-17(10)23)8-26-18-21-11-4-3-9(19)5-15(11)27-18/h3-8,26H,1-2H3,(H,20,22,23). The van der Waals surface area contributed by atoms with Gasteiger partial charge in [0.1, 0.15) is 16.0 Å². The van der Waals surface area contributed by atoms with Gasteiger partial charge in [0.25, 0.3) is 5.56 Å². The third-order valence-corrected chi connectivity index (χ3v) is 5.97. The van der Waals surface area contributed by atoms with E-state index in [0.717, 1.165) is 25.9 Å². The molecule has 4 rings (SSSR count). The number of halogens is 1. The number of hydrogen-bond donors (Lipinski definition) is 2. The van der Waals surface area contributed by atoms with Gasteiger partial charge in [-0.1, -0.05) is 0 Å². The van der Waals surface area contributed by atoms with Crippen LogP contribution >= 0.6 is 22.7 Å². The van der Waals surface area contributed by atoms with Crippen LogP contribution in [0.3, 0.4) is 0 Å². The molecule has 0 spiro atoms. The van der Waals surface area contributed by atoms with Gasteiger partial charge >= 0.3 is 0 Å². The molecule has 9 heteroatoms. The average Bonchev–Trinajstić information content (AvgIpc) is 3.07. The minimum absolute atomic E-state index is 0.270. The summed E-state index contributed by atoms with van der Waals surface area (Å²) in [5.41, 5.74) is 0.979. The number of nitrogens with one attached hydrogen (secondary N) is 1. The Morgan fingerprint density at radius 2 is 1.89 bits per heavy atom. The maximum Gasteiger partial charge on any atom is 0.259 e. The van der Waals surface area contributed by atoms with Crippen LogP contribution in [0.25, 0.3) is 21.1 Å². The minimum atomic E-state index is -0.289. The normalized spacial score (nSPS) is 11.8. The first-order valence-corrected chi connectivity index (χ1v) is 9.61. The molecule has 27 heavy (non-hydrogen) atoms. The summed E-state index contributed by atoms with van der Waals surface area (Å²) in [6.45, 7) is 0. The van der Waals surface area contributed by atoms with E-state index in [1.807, 2.05) is 0 Å². The summed E-state index contributed by atoms with van der Waals surface area (Å²) in [7, 11) is 3.04. The third-order valence-electron chi connectivity index (χ3n) is 3.87. The number of thiol groups is 1. The quantitative estimate of drug-likeness (QED) is 0.404. The number of ether oxygens (including phenoxy) is 2. The predicted octanol–water partition coefficient (Wildman–Crippen LogP) is 3.36. The largest absolute Gasteiger partial charge is 0.493 e. The molecule has 0 saturated heterocycles. The molecule has 1 N–H and O–H groups in total. The molecule has 0 bridgehead atoms. The molecule has 0 fully saturated rings. The molecular formula is C18H14FN3O3S2. The first kappa shape index (κ1) is 17.6. The van der Waals surface area contributed by atoms with Crippen molar-refractivity contribution in [2.45, 2.75) is 4.34 Å². The highest BCUT2D eigenvalue weighted by Crippen LogP contribution is 2.30. The van der Waals surface area contributed by atoms with Crippen LogP contribution in [0.2, 0.25) is 0 Å². The molecule has 0 radical (unpaired) electrons. The summed E-state index contributed by atoms with van der Waals surface area (Å²) >= 11 is 2.15. The predicted molar refractivity (Wildman–Crippen MR) is 107 cm³/mol. The molecule has 0 saturated carbocycles. The van der Waals surface area contributed by atoms with Gasteiger partial charge in [-0.25, -0.2) is 14.4 Å². The molecule has 2 heterocycles. The highest BCUT2D eigenvalue weighted by atomic mass is 32.2. The summed E-state index contributed by atoms with van der Waals surface area (Å²) in [4.78, 5) is 24.1. The van der Waals surface area contributed by atoms with Gasteiger partial charge in [0.05, 0.1) is 35.3 Å².